The molecule has 0 bridgehead atoms. The molecule has 0 aromatic carbocycles. The fraction of sp³-hybridized carbons (Fsp3) is 0.750. The molecule has 2 heterocycles. The van der Waals surface area contributed by atoms with Gasteiger partial charge in [-0.1, -0.05) is 0 Å². The van der Waals surface area contributed by atoms with Crippen molar-refractivity contribution in [2.45, 2.75) is 24.8 Å². The Morgan fingerprint density at radius 1 is 1.53 bits per heavy atom. The van der Waals surface area contributed by atoms with Gasteiger partial charge in [0.25, 0.3) is 0 Å². The van der Waals surface area contributed by atoms with E-state index in [4.69, 9.17) is 4.74 Å². The third-order valence-electron chi connectivity index (χ3n) is 3.56. The zero-order valence-electron chi connectivity index (χ0n) is 10.4. The monoisotopic (exact) mass is 239 g/mol. The molecule has 96 valence electrons. The van der Waals surface area contributed by atoms with Crippen molar-refractivity contribution in [1.29, 1.82) is 0 Å². The summed E-state index contributed by atoms with van der Waals surface area (Å²) in [6, 6.07) is 2.03. The molecule has 0 radical (unpaired) electrons. The van der Waals surface area contributed by atoms with Gasteiger partial charge in [-0.25, -0.2) is 0 Å². The molecule has 2 rings (SSSR count). The minimum absolute atomic E-state index is 0.142. The zero-order valence-corrected chi connectivity index (χ0v) is 10.4. The van der Waals surface area contributed by atoms with Gasteiger partial charge in [-0.2, -0.15) is 5.10 Å². The van der Waals surface area contributed by atoms with Crippen LogP contribution in [0.3, 0.4) is 0 Å². The average Bonchev–Trinajstić information content (AvgIpc) is 2.76. The second-order valence-corrected chi connectivity index (χ2v) is 4.67. The average molecular weight is 239 g/mol. The minimum atomic E-state index is -0.142. The third-order valence-corrected chi connectivity index (χ3v) is 3.56. The SMILES string of the molecule is Cn1nccc1CCNC1(CO)CCOCC1. The van der Waals surface area contributed by atoms with Gasteiger partial charge in [-0.05, 0) is 18.9 Å². The van der Waals surface area contributed by atoms with E-state index in [1.807, 2.05) is 24.0 Å². The van der Waals surface area contributed by atoms with Crippen LogP contribution >= 0.6 is 0 Å². The Labute approximate surface area is 102 Å². The van der Waals surface area contributed by atoms with Gasteiger partial charge in [-0.15, -0.1) is 0 Å². The summed E-state index contributed by atoms with van der Waals surface area (Å²) in [5, 5.41) is 17.1. The lowest BCUT2D eigenvalue weighted by atomic mass is 9.91. The summed E-state index contributed by atoms with van der Waals surface area (Å²) < 4.78 is 7.22. The lowest BCUT2D eigenvalue weighted by Crippen LogP contribution is -2.52. The number of nitrogens with zero attached hydrogens (tertiary/aromatic N) is 2. The van der Waals surface area contributed by atoms with Crippen LogP contribution in [0, 0.1) is 0 Å². The van der Waals surface area contributed by atoms with E-state index in [1.54, 1.807) is 0 Å². The molecular weight excluding hydrogens is 218 g/mol. The van der Waals surface area contributed by atoms with Crippen LogP contribution in [0.15, 0.2) is 12.3 Å². The molecular formula is C12H21N3O2. The normalized spacial score (nSPS) is 19.4. The van der Waals surface area contributed by atoms with Crippen molar-refractivity contribution < 1.29 is 9.84 Å². The van der Waals surface area contributed by atoms with Gasteiger partial charge < -0.3 is 15.2 Å². The first-order chi connectivity index (χ1) is 8.26. The molecule has 1 fully saturated rings. The highest BCUT2D eigenvalue weighted by Crippen LogP contribution is 2.19. The van der Waals surface area contributed by atoms with Crippen molar-refractivity contribution in [3.8, 4) is 0 Å². The Bertz CT molecular complexity index is 345. The number of rotatable bonds is 5. The lowest BCUT2D eigenvalue weighted by Gasteiger charge is -2.36. The fourth-order valence-electron chi connectivity index (χ4n) is 2.26. The summed E-state index contributed by atoms with van der Waals surface area (Å²) >= 11 is 0. The van der Waals surface area contributed by atoms with E-state index in [0.29, 0.717) is 0 Å². The van der Waals surface area contributed by atoms with Crippen molar-refractivity contribution in [1.82, 2.24) is 15.1 Å². The first kappa shape index (κ1) is 12.5. The van der Waals surface area contributed by atoms with Gasteiger partial charge in [-0.3, -0.25) is 4.68 Å². The second-order valence-electron chi connectivity index (χ2n) is 4.67. The molecule has 0 aliphatic carbocycles. The quantitative estimate of drug-likeness (QED) is 0.765. The Balaban J connectivity index is 1.82. The van der Waals surface area contributed by atoms with Crippen LogP contribution in [0.4, 0.5) is 0 Å². The number of aryl methyl sites for hydroxylation is 1. The smallest absolute Gasteiger partial charge is 0.0615 e. The van der Waals surface area contributed by atoms with Gasteiger partial charge in [0.05, 0.1) is 6.61 Å². The summed E-state index contributed by atoms with van der Waals surface area (Å²) in [6.07, 6.45) is 4.51. The van der Waals surface area contributed by atoms with Crippen LogP contribution in [0.5, 0.6) is 0 Å². The van der Waals surface area contributed by atoms with Crippen molar-refractivity contribution in [2.75, 3.05) is 26.4 Å². The predicted molar refractivity (Wildman–Crippen MR) is 64.8 cm³/mol. The molecule has 1 aromatic rings. The number of aliphatic hydroxyl groups is 1. The van der Waals surface area contributed by atoms with E-state index in [2.05, 4.69) is 10.4 Å². The van der Waals surface area contributed by atoms with Gasteiger partial charge in [0.15, 0.2) is 0 Å². The molecule has 0 unspecified atom stereocenters. The molecule has 2 N–H and O–H groups in total. The lowest BCUT2D eigenvalue weighted by molar-refractivity contribution is 0.0123. The Kier molecular flexibility index (Phi) is 4.15. The topological polar surface area (TPSA) is 59.3 Å². The molecule has 1 saturated heterocycles. The maximum Gasteiger partial charge on any atom is 0.0615 e. The van der Waals surface area contributed by atoms with E-state index >= 15 is 0 Å². The van der Waals surface area contributed by atoms with E-state index in [1.165, 1.54) is 5.69 Å². The first-order valence-corrected chi connectivity index (χ1v) is 6.16. The Morgan fingerprint density at radius 3 is 2.88 bits per heavy atom. The van der Waals surface area contributed by atoms with Crippen molar-refractivity contribution in [2.24, 2.45) is 7.05 Å². The Morgan fingerprint density at radius 2 is 2.29 bits per heavy atom. The summed E-state index contributed by atoms with van der Waals surface area (Å²) in [5.41, 5.74) is 1.06. The standard InChI is InChI=1S/C12H21N3O2/c1-15-11(3-7-14-15)2-6-13-12(10-16)4-8-17-9-5-12/h3,7,13,16H,2,4-6,8-10H2,1H3. The number of ether oxygens (including phenoxy) is 1. The van der Waals surface area contributed by atoms with Crippen LogP contribution in [-0.2, 0) is 18.2 Å². The highest BCUT2D eigenvalue weighted by Gasteiger charge is 2.30. The number of hydrogen-bond acceptors (Lipinski definition) is 4. The molecule has 5 heteroatoms. The summed E-state index contributed by atoms with van der Waals surface area (Å²) in [4.78, 5) is 0. The molecule has 1 aliphatic rings. The van der Waals surface area contributed by atoms with Crippen molar-refractivity contribution in [3.05, 3.63) is 18.0 Å². The molecule has 0 saturated carbocycles. The van der Waals surface area contributed by atoms with Crippen molar-refractivity contribution >= 4 is 0 Å². The maximum atomic E-state index is 9.52. The van der Waals surface area contributed by atoms with Crippen LogP contribution in [0.2, 0.25) is 0 Å². The molecule has 1 aromatic heterocycles. The maximum absolute atomic E-state index is 9.52. The molecule has 0 spiro atoms. The van der Waals surface area contributed by atoms with Crippen LogP contribution < -0.4 is 5.32 Å². The highest BCUT2D eigenvalue weighted by molar-refractivity contribution is 5.01. The van der Waals surface area contributed by atoms with Crippen LogP contribution in [0.25, 0.3) is 0 Å². The van der Waals surface area contributed by atoms with E-state index in [0.717, 1.165) is 39.0 Å². The minimum Gasteiger partial charge on any atom is -0.394 e. The number of aliphatic hydroxyl groups excluding tert-OH is 1. The molecule has 5 nitrogen and oxygen atoms in total. The molecule has 1 aliphatic heterocycles. The second kappa shape index (κ2) is 5.62. The number of aromatic nitrogens is 2. The van der Waals surface area contributed by atoms with Crippen LogP contribution in [-0.4, -0.2) is 46.8 Å². The summed E-state index contributed by atoms with van der Waals surface area (Å²) in [7, 11) is 1.95. The van der Waals surface area contributed by atoms with Gasteiger partial charge >= 0.3 is 0 Å². The summed E-state index contributed by atoms with van der Waals surface area (Å²) in [5.74, 6) is 0. The predicted octanol–water partition coefficient (Wildman–Crippen LogP) is 0.0937. The van der Waals surface area contributed by atoms with Crippen molar-refractivity contribution in [3.63, 3.8) is 0 Å². The zero-order chi connectivity index (χ0) is 12.1. The largest absolute Gasteiger partial charge is 0.394 e. The van der Waals surface area contributed by atoms with Gasteiger partial charge in [0.2, 0.25) is 0 Å². The van der Waals surface area contributed by atoms with Crippen LogP contribution in [0.1, 0.15) is 18.5 Å². The van der Waals surface area contributed by atoms with E-state index in [-0.39, 0.29) is 12.1 Å². The highest BCUT2D eigenvalue weighted by atomic mass is 16.5. The number of hydrogen-bond donors (Lipinski definition) is 2. The molecule has 0 atom stereocenters. The van der Waals surface area contributed by atoms with Gasteiger partial charge in [0.1, 0.15) is 0 Å². The van der Waals surface area contributed by atoms with Gasteiger partial charge in [0, 0.05) is 50.7 Å². The fourth-order valence-corrected chi connectivity index (χ4v) is 2.26. The summed E-state index contributed by atoms with van der Waals surface area (Å²) in [6.45, 7) is 2.51. The molecule has 17 heavy (non-hydrogen) atoms. The van der Waals surface area contributed by atoms with E-state index < -0.39 is 0 Å². The number of nitrogens with one attached hydrogen (secondary N) is 1. The van der Waals surface area contributed by atoms with E-state index in [9.17, 15) is 5.11 Å². The first-order valence-electron chi connectivity index (χ1n) is 6.16. The Hall–Kier alpha value is -0.910. The third kappa shape index (κ3) is 3.06. The molecule has 0 amide bonds.